The third kappa shape index (κ3) is 5.06. The number of aromatic nitrogens is 1. The molecule has 0 radical (unpaired) electrons. The smallest absolute Gasteiger partial charge is 0.293 e. The quantitative estimate of drug-likeness (QED) is 0.578. The zero-order valence-electron chi connectivity index (χ0n) is 18.5. The van der Waals surface area contributed by atoms with Crippen LogP contribution in [0.2, 0.25) is 0 Å². The summed E-state index contributed by atoms with van der Waals surface area (Å²) in [7, 11) is -3.62. The van der Waals surface area contributed by atoms with Gasteiger partial charge < -0.3 is 5.32 Å². The van der Waals surface area contributed by atoms with Gasteiger partial charge in [-0.05, 0) is 53.9 Å². The number of hydrogen-bond donors (Lipinski definition) is 1. The van der Waals surface area contributed by atoms with Gasteiger partial charge >= 0.3 is 0 Å². The van der Waals surface area contributed by atoms with Gasteiger partial charge in [-0.2, -0.15) is 4.31 Å². The molecule has 1 atom stereocenters. The van der Waals surface area contributed by atoms with Crippen LogP contribution < -0.4 is 5.32 Å². The second kappa shape index (κ2) is 10.1. The van der Waals surface area contributed by atoms with Gasteiger partial charge in [0.2, 0.25) is 15.9 Å². The van der Waals surface area contributed by atoms with Crippen molar-refractivity contribution in [2.24, 2.45) is 0 Å². The van der Waals surface area contributed by atoms with Gasteiger partial charge in [0, 0.05) is 32.0 Å². The molecule has 1 fully saturated rings. The van der Waals surface area contributed by atoms with Crippen LogP contribution in [-0.2, 0) is 32.6 Å². The van der Waals surface area contributed by atoms with Crippen molar-refractivity contribution >= 4 is 44.9 Å². The van der Waals surface area contributed by atoms with Crippen molar-refractivity contribution < 1.29 is 22.8 Å². The van der Waals surface area contributed by atoms with Crippen molar-refractivity contribution in [1.29, 1.82) is 0 Å². The van der Waals surface area contributed by atoms with E-state index in [0.717, 1.165) is 27.8 Å². The molecule has 0 unspecified atom stereocenters. The largest absolute Gasteiger partial charge is 0.353 e. The lowest BCUT2D eigenvalue weighted by atomic mass is 9.95. The molecule has 0 bridgehead atoms. The van der Waals surface area contributed by atoms with E-state index in [2.05, 4.69) is 10.3 Å². The molecule has 34 heavy (non-hydrogen) atoms. The minimum atomic E-state index is -3.62. The van der Waals surface area contributed by atoms with E-state index in [1.807, 2.05) is 24.3 Å². The van der Waals surface area contributed by atoms with E-state index in [0.29, 0.717) is 5.56 Å². The summed E-state index contributed by atoms with van der Waals surface area (Å²) in [5, 5.41) is 2.29. The predicted molar refractivity (Wildman–Crippen MR) is 129 cm³/mol. The molecule has 3 amide bonds. The van der Waals surface area contributed by atoms with Crippen molar-refractivity contribution in [3.8, 4) is 0 Å². The highest BCUT2D eigenvalue weighted by Crippen LogP contribution is 2.32. The van der Waals surface area contributed by atoms with Crippen LogP contribution in [0, 0.1) is 0 Å². The van der Waals surface area contributed by atoms with Gasteiger partial charge in [-0.15, -0.1) is 0 Å². The molecule has 0 spiro atoms. The molecule has 1 saturated heterocycles. The molecule has 1 aromatic heterocycles. The Kier molecular flexibility index (Phi) is 7.15. The second-order valence-electron chi connectivity index (χ2n) is 7.85. The Labute approximate surface area is 202 Å². The third-order valence-electron chi connectivity index (χ3n) is 5.72. The van der Waals surface area contributed by atoms with Crippen LogP contribution in [0.25, 0.3) is 6.08 Å². The highest BCUT2D eigenvalue weighted by molar-refractivity contribution is 8.18. The summed E-state index contributed by atoms with van der Waals surface area (Å²) < 4.78 is 26.6. The molecule has 4 rings (SSSR count). The van der Waals surface area contributed by atoms with Gasteiger partial charge in [0.05, 0.1) is 10.7 Å². The Bertz CT molecular complexity index is 1250. The van der Waals surface area contributed by atoms with Crippen molar-refractivity contribution in [1.82, 2.24) is 19.5 Å². The number of nitrogens with one attached hydrogen (secondary N) is 1. The standard InChI is InChI=1S/C23H24N4O5S2/c1-2-34(31,32)27-15-18-8-4-3-7-17(18)13-19(27)21(28)25-10-11-26-22(29)20(33-23(26)30)12-16-6-5-9-24-14-16/h3-9,12,14,19H,2,10-11,13,15H2,1H3,(H,25,28)/b20-12+/t19-/m1/s1. The Balaban J connectivity index is 1.41. The van der Waals surface area contributed by atoms with Crippen molar-refractivity contribution in [2.75, 3.05) is 18.8 Å². The summed E-state index contributed by atoms with van der Waals surface area (Å²) in [4.78, 5) is 43.3. The first-order valence-electron chi connectivity index (χ1n) is 10.8. The van der Waals surface area contributed by atoms with Crippen LogP contribution in [0.1, 0.15) is 23.6 Å². The number of carbonyl (C=O) groups is 3. The normalized spacial score (nSPS) is 20.0. The number of carbonyl (C=O) groups excluding carboxylic acids is 3. The van der Waals surface area contributed by atoms with Crippen LogP contribution in [0.3, 0.4) is 0 Å². The molecule has 0 saturated carbocycles. The fourth-order valence-electron chi connectivity index (χ4n) is 3.89. The van der Waals surface area contributed by atoms with Crippen LogP contribution in [0.4, 0.5) is 4.79 Å². The maximum atomic E-state index is 13.0. The number of thioether (sulfide) groups is 1. The van der Waals surface area contributed by atoms with Crippen LogP contribution in [0.15, 0.2) is 53.7 Å². The fourth-order valence-corrected chi connectivity index (χ4v) is 5.99. The van der Waals surface area contributed by atoms with Crippen LogP contribution >= 0.6 is 11.8 Å². The first-order chi connectivity index (χ1) is 16.3. The lowest BCUT2D eigenvalue weighted by Gasteiger charge is -2.34. The lowest BCUT2D eigenvalue weighted by molar-refractivity contribution is -0.126. The number of sulfonamides is 1. The maximum absolute atomic E-state index is 13.0. The van der Waals surface area contributed by atoms with Gasteiger partial charge in [-0.3, -0.25) is 24.3 Å². The van der Waals surface area contributed by atoms with E-state index >= 15 is 0 Å². The van der Waals surface area contributed by atoms with Gasteiger partial charge in [-0.1, -0.05) is 30.3 Å². The van der Waals surface area contributed by atoms with E-state index in [9.17, 15) is 22.8 Å². The third-order valence-corrected chi connectivity index (χ3v) is 8.46. The summed E-state index contributed by atoms with van der Waals surface area (Å²) in [6, 6.07) is 10.1. The summed E-state index contributed by atoms with van der Waals surface area (Å²) >= 11 is 0.833. The molecular weight excluding hydrogens is 476 g/mol. The minimum Gasteiger partial charge on any atom is -0.353 e. The van der Waals surface area contributed by atoms with Gasteiger partial charge in [-0.25, -0.2) is 8.42 Å². The SMILES string of the molecule is CCS(=O)(=O)N1Cc2ccccc2C[C@@H]1C(=O)NCCN1C(=O)S/C(=C/c2cccnc2)C1=O. The molecule has 1 aromatic carbocycles. The number of imide groups is 1. The van der Waals surface area contributed by atoms with Gasteiger partial charge in [0.25, 0.3) is 11.1 Å². The monoisotopic (exact) mass is 500 g/mol. The first-order valence-corrected chi connectivity index (χ1v) is 13.2. The zero-order valence-corrected chi connectivity index (χ0v) is 20.1. The number of pyridine rings is 1. The van der Waals surface area contributed by atoms with Crippen molar-refractivity contribution in [2.45, 2.75) is 25.9 Å². The average molecular weight is 501 g/mol. The predicted octanol–water partition coefficient (Wildman–Crippen LogP) is 2.01. The number of nitrogens with zero attached hydrogens (tertiary/aromatic N) is 3. The first kappa shape index (κ1) is 24.1. The summed E-state index contributed by atoms with van der Waals surface area (Å²) in [5.41, 5.74) is 2.51. The Hall–Kier alpha value is -3.02. The highest BCUT2D eigenvalue weighted by Gasteiger charge is 2.38. The zero-order chi connectivity index (χ0) is 24.3. The van der Waals surface area contributed by atoms with E-state index in [4.69, 9.17) is 0 Å². The van der Waals surface area contributed by atoms with Crippen LogP contribution in [-0.4, -0.2) is 64.5 Å². The molecule has 3 heterocycles. The average Bonchev–Trinajstić information content (AvgIpc) is 3.11. The molecule has 2 aliphatic heterocycles. The minimum absolute atomic E-state index is 0.00930. The number of fused-ring (bicyclic) bond motifs is 1. The molecule has 178 valence electrons. The highest BCUT2D eigenvalue weighted by atomic mass is 32.2. The van der Waals surface area contributed by atoms with Crippen molar-refractivity contribution in [3.63, 3.8) is 0 Å². The van der Waals surface area contributed by atoms with Gasteiger partial charge in [0.15, 0.2) is 0 Å². The summed E-state index contributed by atoms with van der Waals surface area (Å²) in [6.07, 6.45) is 5.07. The number of amides is 3. The maximum Gasteiger partial charge on any atom is 0.293 e. The lowest BCUT2D eigenvalue weighted by Crippen LogP contribution is -2.53. The second-order valence-corrected chi connectivity index (χ2v) is 11.0. The number of hydrogen-bond acceptors (Lipinski definition) is 7. The molecule has 0 aliphatic carbocycles. The number of rotatable bonds is 7. The van der Waals surface area contributed by atoms with Gasteiger partial charge in [0.1, 0.15) is 6.04 Å². The molecule has 2 aliphatic rings. The van der Waals surface area contributed by atoms with E-state index in [-0.39, 0.29) is 36.7 Å². The summed E-state index contributed by atoms with van der Waals surface area (Å²) in [6.45, 7) is 1.69. The van der Waals surface area contributed by atoms with E-state index in [1.54, 1.807) is 37.5 Å². The van der Waals surface area contributed by atoms with E-state index in [1.165, 1.54) is 4.31 Å². The molecule has 9 nitrogen and oxygen atoms in total. The van der Waals surface area contributed by atoms with Crippen molar-refractivity contribution in [3.05, 3.63) is 70.4 Å². The Morgan fingerprint density at radius 3 is 2.68 bits per heavy atom. The summed E-state index contributed by atoms with van der Waals surface area (Å²) in [5.74, 6) is -1.00. The van der Waals surface area contributed by atoms with E-state index < -0.39 is 33.1 Å². The molecule has 1 N–H and O–H groups in total. The fraction of sp³-hybridized carbons (Fsp3) is 0.304. The molecule has 2 aromatic rings. The number of benzene rings is 1. The topological polar surface area (TPSA) is 117 Å². The van der Waals surface area contributed by atoms with Crippen LogP contribution in [0.5, 0.6) is 0 Å². The molecular formula is C23H24N4O5S2. The Morgan fingerprint density at radius 1 is 1.21 bits per heavy atom. The molecule has 11 heteroatoms. The Morgan fingerprint density at radius 2 is 1.97 bits per heavy atom.